The highest BCUT2D eigenvalue weighted by atomic mass is 16.7. The standard InChI is InChI=1S/C34H45N3O6/c1-20-27-16-26(34(27,3)4)17-28(20)36-33(42)31-30(21(2)40)29(19-39)43-37(31)18-22-8-5-9-23(14-22)24-10-6-11-25(15-24)32(41)35-12-7-13-38/h5-6,8-11,14-15,21,26-31,38-40H,1,7,12-13,16-19H2,2-4H3,(H,35,41)(H,36,42)/t21-,26+,27-,28-,29-,30?,31-/m0/s1. The topological polar surface area (TPSA) is 131 Å². The number of nitrogens with one attached hydrogen (secondary N) is 2. The SMILES string of the molecule is C=C1[C@@H](NC(=O)[C@@H]2C([C@H](C)O)[C@H](CO)ON2Cc2cccc(-c3cccc(C(=O)NCCCO)c3)c2)C[C@H]2C[C@@H]1C2(C)C. The van der Waals surface area contributed by atoms with E-state index in [2.05, 4.69) is 31.1 Å². The molecule has 2 aromatic rings. The molecule has 0 spiro atoms. The lowest BCUT2D eigenvalue weighted by atomic mass is 9.46. The van der Waals surface area contributed by atoms with Gasteiger partial charge in [0.15, 0.2) is 0 Å². The lowest BCUT2D eigenvalue weighted by Gasteiger charge is -2.60. The average molecular weight is 592 g/mol. The van der Waals surface area contributed by atoms with Crippen molar-refractivity contribution in [1.29, 1.82) is 0 Å². The van der Waals surface area contributed by atoms with Gasteiger partial charge in [0, 0.05) is 24.6 Å². The zero-order chi connectivity index (χ0) is 30.9. The fraction of sp³-hybridized carbons (Fsp3) is 0.529. The van der Waals surface area contributed by atoms with E-state index in [9.17, 15) is 19.8 Å². The number of amides is 2. The molecule has 9 heteroatoms. The van der Waals surface area contributed by atoms with Gasteiger partial charge >= 0.3 is 0 Å². The van der Waals surface area contributed by atoms with Gasteiger partial charge in [-0.15, -0.1) is 0 Å². The first-order valence-electron chi connectivity index (χ1n) is 15.3. The van der Waals surface area contributed by atoms with Crippen LogP contribution in [0.3, 0.4) is 0 Å². The highest BCUT2D eigenvalue weighted by molar-refractivity contribution is 5.95. The summed E-state index contributed by atoms with van der Waals surface area (Å²) in [7, 11) is 0. The smallest absolute Gasteiger partial charge is 0.251 e. The first kappa shape index (κ1) is 31.3. The molecule has 9 nitrogen and oxygen atoms in total. The molecule has 3 saturated carbocycles. The molecule has 0 radical (unpaired) electrons. The van der Waals surface area contributed by atoms with Crippen molar-refractivity contribution in [2.75, 3.05) is 19.8 Å². The number of carbonyl (C=O) groups excluding carboxylic acids is 2. The summed E-state index contributed by atoms with van der Waals surface area (Å²) >= 11 is 0. The number of aliphatic hydroxyl groups excluding tert-OH is 3. The Kier molecular flexibility index (Phi) is 9.39. The van der Waals surface area contributed by atoms with Crippen LogP contribution < -0.4 is 10.6 Å². The Morgan fingerprint density at radius 3 is 2.49 bits per heavy atom. The van der Waals surface area contributed by atoms with Gasteiger partial charge in [-0.2, -0.15) is 5.06 Å². The number of rotatable bonds is 11. The lowest BCUT2D eigenvalue weighted by Crippen LogP contribution is -2.59. The van der Waals surface area contributed by atoms with Crippen molar-refractivity contribution in [2.24, 2.45) is 23.2 Å². The predicted molar refractivity (Wildman–Crippen MR) is 163 cm³/mol. The summed E-state index contributed by atoms with van der Waals surface area (Å²) in [5.41, 5.74) is 4.43. The molecule has 1 heterocycles. The van der Waals surface area contributed by atoms with Crippen LogP contribution in [-0.4, -0.2) is 76.2 Å². The second-order valence-corrected chi connectivity index (χ2v) is 13.0. The third kappa shape index (κ3) is 6.28. The average Bonchev–Trinajstić information content (AvgIpc) is 3.36. The summed E-state index contributed by atoms with van der Waals surface area (Å²) in [5.74, 6) is -0.125. The van der Waals surface area contributed by atoms with E-state index in [4.69, 9.17) is 9.94 Å². The zero-order valence-electron chi connectivity index (χ0n) is 25.3. The molecular formula is C34H45N3O6. The molecule has 4 aliphatic rings. The monoisotopic (exact) mass is 591 g/mol. The minimum absolute atomic E-state index is 0.0164. The molecule has 1 saturated heterocycles. The third-order valence-electron chi connectivity index (χ3n) is 9.93. The summed E-state index contributed by atoms with van der Waals surface area (Å²) < 4.78 is 0. The molecule has 1 unspecified atom stereocenters. The van der Waals surface area contributed by atoms with Crippen molar-refractivity contribution in [1.82, 2.24) is 15.7 Å². The van der Waals surface area contributed by atoms with Crippen LogP contribution in [0.1, 0.15) is 56.0 Å². The van der Waals surface area contributed by atoms with Crippen LogP contribution >= 0.6 is 0 Å². The first-order valence-corrected chi connectivity index (χ1v) is 15.3. The molecule has 4 fully saturated rings. The third-order valence-corrected chi connectivity index (χ3v) is 9.93. The van der Waals surface area contributed by atoms with E-state index >= 15 is 0 Å². The molecule has 7 atom stereocenters. The molecule has 5 N–H and O–H groups in total. The van der Waals surface area contributed by atoms with E-state index in [1.54, 1.807) is 18.1 Å². The van der Waals surface area contributed by atoms with Gasteiger partial charge in [0.1, 0.15) is 12.1 Å². The van der Waals surface area contributed by atoms with Gasteiger partial charge in [-0.05, 0) is 78.3 Å². The highest BCUT2D eigenvalue weighted by Gasteiger charge is 2.56. The van der Waals surface area contributed by atoms with Crippen molar-refractivity contribution >= 4 is 11.8 Å². The zero-order valence-corrected chi connectivity index (χ0v) is 25.3. The van der Waals surface area contributed by atoms with Crippen LogP contribution in [0.2, 0.25) is 0 Å². The lowest BCUT2D eigenvalue weighted by molar-refractivity contribution is -0.182. The number of hydrogen-bond acceptors (Lipinski definition) is 7. The Bertz CT molecular complexity index is 1340. The van der Waals surface area contributed by atoms with Gasteiger partial charge in [0.05, 0.1) is 25.3 Å². The minimum Gasteiger partial charge on any atom is -0.396 e. The normalized spacial score (nSPS) is 28.7. The molecule has 2 aromatic carbocycles. The molecule has 2 bridgehead atoms. The number of hydrogen-bond donors (Lipinski definition) is 5. The predicted octanol–water partition coefficient (Wildman–Crippen LogP) is 3.05. The van der Waals surface area contributed by atoms with Crippen LogP contribution in [0, 0.1) is 23.2 Å². The Morgan fingerprint density at radius 2 is 1.84 bits per heavy atom. The van der Waals surface area contributed by atoms with Crippen molar-refractivity contribution in [2.45, 2.75) is 70.9 Å². The molecule has 2 amide bonds. The van der Waals surface area contributed by atoms with Gasteiger partial charge < -0.3 is 26.0 Å². The molecular weight excluding hydrogens is 546 g/mol. The van der Waals surface area contributed by atoms with Crippen LogP contribution in [0.25, 0.3) is 11.1 Å². The van der Waals surface area contributed by atoms with Crippen LogP contribution in [0.4, 0.5) is 0 Å². The maximum Gasteiger partial charge on any atom is 0.251 e. The van der Waals surface area contributed by atoms with Crippen molar-refractivity contribution < 1.29 is 29.7 Å². The van der Waals surface area contributed by atoms with E-state index in [0.29, 0.717) is 30.4 Å². The fourth-order valence-electron chi connectivity index (χ4n) is 7.26. The second kappa shape index (κ2) is 12.9. The summed E-state index contributed by atoms with van der Waals surface area (Å²) in [5, 5.41) is 37.4. The Morgan fingerprint density at radius 1 is 1.12 bits per heavy atom. The largest absolute Gasteiger partial charge is 0.396 e. The number of benzene rings is 2. The van der Waals surface area contributed by atoms with Gasteiger partial charge in [0.25, 0.3) is 5.91 Å². The van der Waals surface area contributed by atoms with Crippen molar-refractivity contribution in [3.8, 4) is 11.1 Å². The summed E-state index contributed by atoms with van der Waals surface area (Å²) in [6, 6.07) is 14.2. The van der Waals surface area contributed by atoms with E-state index in [1.165, 1.54) is 0 Å². The van der Waals surface area contributed by atoms with Crippen molar-refractivity contribution in [3.63, 3.8) is 0 Å². The minimum atomic E-state index is -0.877. The van der Waals surface area contributed by atoms with Gasteiger partial charge in [-0.1, -0.05) is 56.3 Å². The molecule has 232 valence electrons. The maximum atomic E-state index is 13.9. The number of carbonyl (C=O) groups is 2. The Hall–Kier alpha value is -3.08. The van der Waals surface area contributed by atoms with Crippen LogP contribution in [0.15, 0.2) is 60.7 Å². The van der Waals surface area contributed by atoms with E-state index < -0.39 is 24.2 Å². The quantitative estimate of drug-likeness (QED) is 0.201. The van der Waals surface area contributed by atoms with Gasteiger partial charge in [-0.3, -0.25) is 14.4 Å². The molecule has 6 rings (SSSR count). The number of nitrogens with zero attached hydrogens (tertiary/aromatic N) is 1. The molecule has 3 aliphatic carbocycles. The van der Waals surface area contributed by atoms with Gasteiger partial charge in [-0.25, -0.2) is 0 Å². The van der Waals surface area contributed by atoms with Crippen LogP contribution in [-0.2, 0) is 16.2 Å². The van der Waals surface area contributed by atoms with Crippen molar-refractivity contribution in [3.05, 3.63) is 71.8 Å². The molecule has 1 aliphatic heterocycles. The number of aliphatic hydroxyl groups is 3. The summed E-state index contributed by atoms with van der Waals surface area (Å²) in [6.07, 6.45) is 0.865. The maximum absolute atomic E-state index is 13.9. The first-order chi connectivity index (χ1) is 20.5. The highest BCUT2D eigenvalue weighted by Crippen LogP contribution is 2.60. The van der Waals surface area contributed by atoms with E-state index in [0.717, 1.165) is 35.1 Å². The van der Waals surface area contributed by atoms with Crippen LogP contribution in [0.5, 0.6) is 0 Å². The van der Waals surface area contributed by atoms with E-state index in [1.807, 2.05) is 42.5 Å². The molecule has 43 heavy (non-hydrogen) atoms. The van der Waals surface area contributed by atoms with Gasteiger partial charge in [0.2, 0.25) is 5.91 Å². The number of hydroxylamine groups is 2. The second-order valence-electron chi connectivity index (χ2n) is 13.0. The summed E-state index contributed by atoms with van der Waals surface area (Å²) in [4.78, 5) is 32.6. The number of fused-ring (bicyclic) bond motifs is 2. The molecule has 0 aromatic heterocycles. The summed E-state index contributed by atoms with van der Waals surface area (Å²) in [6.45, 7) is 10.9. The fourth-order valence-corrected chi connectivity index (χ4v) is 7.26. The Balaban J connectivity index is 1.34. The van der Waals surface area contributed by atoms with E-state index in [-0.39, 0.29) is 43.0 Å². The Labute approximate surface area is 253 Å².